The van der Waals surface area contributed by atoms with Gasteiger partial charge in [-0.15, -0.1) is 0 Å². The molecule has 2 N–H and O–H groups in total. The number of nitro benzene ring substituents is 1. The summed E-state index contributed by atoms with van der Waals surface area (Å²) in [6.07, 6.45) is 0. The zero-order valence-corrected chi connectivity index (χ0v) is 9.31. The van der Waals surface area contributed by atoms with Crippen LogP contribution in [-0.2, 0) is 0 Å². The molecule has 8 heteroatoms. The summed E-state index contributed by atoms with van der Waals surface area (Å²) in [6.45, 7) is 1.07. The predicted octanol–water partition coefficient (Wildman–Crippen LogP) is 0.984. The van der Waals surface area contributed by atoms with E-state index in [1.807, 2.05) is 0 Å². The molecule has 0 saturated heterocycles. The van der Waals surface area contributed by atoms with Crippen LogP contribution in [0.1, 0.15) is 17.3 Å². The number of benzene rings is 1. The fourth-order valence-corrected chi connectivity index (χ4v) is 1.20. The summed E-state index contributed by atoms with van der Waals surface area (Å²) in [5, 5.41) is 21.4. The van der Waals surface area contributed by atoms with Crippen LogP contribution < -0.4 is 5.32 Å². The predicted molar refractivity (Wildman–Crippen MR) is 57.0 cm³/mol. The van der Waals surface area contributed by atoms with E-state index in [-0.39, 0.29) is 12.7 Å². The number of nitrogens with zero attached hydrogens (tertiary/aromatic N) is 1. The van der Waals surface area contributed by atoms with Gasteiger partial charge in [-0.3, -0.25) is 14.9 Å². The summed E-state index contributed by atoms with van der Waals surface area (Å²) in [5.74, 6) is -3.53. The quantitative estimate of drug-likeness (QED) is 0.623. The van der Waals surface area contributed by atoms with Gasteiger partial charge in [0.1, 0.15) is 5.82 Å². The monoisotopic (exact) mass is 260 g/mol. The molecular formula is C10H10F2N2O4. The second-order valence-electron chi connectivity index (χ2n) is 3.60. The van der Waals surface area contributed by atoms with E-state index in [0.717, 1.165) is 0 Å². The average Bonchev–Trinajstić information content (AvgIpc) is 2.27. The van der Waals surface area contributed by atoms with Gasteiger partial charge in [0.15, 0.2) is 0 Å². The summed E-state index contributed by atoms with van der Waals surface area (Å²) in [5.41, 5.74) is -1.64. The highest BCUT2D eigenvalue weighted by Gasteiger charge is 2.22. The topological polar surface area (TPSA) is 92.5 Å². The number of halogens is 2. The van der Waals surface area contributed by atoms with E-state index in [9.17, 15) is 23.7 Å². The first-order chi connectivity index (χ1) is 8.36. The standard InChI is InChI=1S/C10H10F2N2O4/c1-5(4-15)13-10(16)6-2-9(14(17)18)8(12)3-7(6)11/h2-3,5,15H,4H2,1H3,(H,13,16). The van der Waals surface area contributed by atoms with Crippen LogP contribution in [0.4, 0.5) is 14.5 Å². The third kappa shape index (κ3) is 2.98. The van der Waals surface area contributed by atoms with Gasteiger partial charge >= 0.3 is 5.69 Å². The van der Waals surface area contributed by atoms with E-state index >= 15 is 0 Å². The van der Waals surface area contributed by atoms with Crippen LogP contribution in [0, 0.1) is 21.7 Å². The van der Waals surface area contributed by atoms with E-state index in [1.165, 1.54) is 6.92 Å². The summed E-state index contributed by atoms with van der Waals surface area (Å²) in [6, 6.07) is 0.141. The number of amides is 1. The van der Waals surface area contributed by atoms with Crippen LogP contribution in [0.3, 0.4) is 0 Å². The maximum Gasteiger partial charge on any atom is 0.305 e. The van der Waals surface area contributed by atoms with Crippen molar-refractivity contribution < 1.29 is 23.6 Å². The molecule has 0 saturated carbocycles. The van der Waals surface area contributed by atoms with Crippen molar-refractivity contribution in [3.63, 3.8) is 0 Å². The Bertz CT molecular complexity index is 493. The molecular weight excluding hydrogens is 250 g/mol. The number of hydrogen-bond acceptors (Lipinski definition) is 4. The normalized spacial score (nSPS) is 12.0. The van der Waals surface area contributed by atoms with E-state index in [1.54, 1.807) is 0 Å². The van der Waals surface area contributed by atoms with Gasteiger partial charge in [0.05, 0.1) is 17.1 Å². The number of aliphatic hydroxyl groups is 1. The molecule has 1 atom stereocenters. The molecule has 1 amide bonds. The highest BCUT2D eigenvalue weighted by Crippen LogP contribution is 2.21. The summed E-state index contributed by atoms with van der Waals surface area (Å²) in [4.78, 5) is 20.9. The summed E-state index contributed by atoms with van der Waals surface area (Å²) >= 11 is 0. The smallest absolute Gasteiger partial charge is 0.305 e. The molecule has 0 bridgehead atoms. The van der Waals surface area contributed by atoms with E-state index in [0.29, 0.717) is 6.07 Å². The van der Waals surface area contributed by atoms with Crippen molar-refractivity contribution in [2.75, 3.05) is 6.61 Å². The van der Waals surface area contributed by atoms with E-state index < -0.39 is 39.8 Å². The molecule has 0 spiro atoms. The molecule has 0 fully saturated rings. The molecule has 1 unspecified atom stereocenters. The Morgan fingerprint density at radius 3 is 2.61 bits per heavy atom. The molecule has 0 heterocycles. The lowest BCUT2D eigenvalue weighted by Crippen LogP contribution is -2.35. The van der Waals surface area contributed by atoms with Crippen molar-refractivity contribution in [1.29, 1.82) is 0 Å². The molecule has 18 heavy (non-hydrogen) atoms. The maximum absolute atomic E-state index is 13.3. The minimum absolute atomic E-state index is 0.274. The number of hydrogen-bond donors (Lipinski definition) is 2. The van der Waals surface area contributed by atoms with Crippen molar-refractivity contribution in [2.45, 2.75) is 13.0 Å². The third-order valence-electron chi connectivity index (χ3n) is 2.13. The molecule has 0 aliphatic rings. The summed E-state index contributed by atoms with van der Waals surface area (Å²) < 4.78 is 26.3. The lowest BCUT2D eigenvalue weighted by molar-refractivity contribution is -0.387. The fraction of sp³-hybridized carbons (Fsp3) is 0.300. The fourth-order valence-electron chi connectivity index (χ4n) is 1.20. The Labute approximate surface area is 100 Å². The minimum Gasteiger partial charge on any atom is -0.394 e. The van der Waals surface area contributed by atoms with E-state index in [2.05, 4.69) is 5.32 Å². The Balaban J connectivity index is 3.12. The number of nitro groups is 1. The number of carbonyl (C=O) groups excluding carboxylic acids is 1. The van der Waals surface area contributed by atoms with Gasteiger partial charge in [-0.1, -0.05) is 0 Å². The molecule has 1 rings (SSSR count). The van der Waals surface area contributed by atoms with Crippen molar-refractivity contribution in [2.24, 2.45) is 0 Å². The lowest BCUT2D eigenvalue weighted by Gasteiger charge is -2.11. The number of carbonyl (C=O) groups is 1. The average molecular weight is 260 g/mol. The van der Waals surface area contributed by atoms with Gasteiger partial charge < -0.3 is 10.4 Å². The van der Waals surface area contributed by atoms with Gasteiger partial charge in [-0.05, 0) is 6.92 Å². The van der Waals surface area contributed by atoms with Crippen molar-refractivity contribution in [1.82, 2.24) is 5.32 Å². The van der Waals surface area contributed by atoms with Crippen LogP contribution in [0.15, 0.2) is 12.1 Å². The van der Waals surface area contributed by atoms with Gasteiger partial charge in [0.25, 0.3) is 5.91 Å². The highest BCUT2D eigenvalue weighted by molar-refractivity contribution is 5.95. The lowest BCUT2D eigenvalue weighted by atomic mass is 10.1. The van der Waals surface area contributed by atoms with Crippen molar-refractivity contribution >= 4 is 11.6 Å². The van der Waals surface area contributed by atoms with Crippen LogP contribution in [0.5, 0.6) is 0 Å². The third-order valence-corrected chi connectivity index (χ3v) is 2.13. The Morgan fingerprint density at radius 1 is 1.50 bits per heavy atom. The first kappa shape index (κ1) is 14.0. The zero-order valence-electron chi connectivity index (χ0n) is 9.31. The zero-order chi connectivity index (χ0) is 13.9. The van der Waals surface area contributed by atoms with Gasteiger partial charge in [0.2, 0.25) is 5.82 Å². The molecule has 0 radical (unpaired) electrons. The minimum atomic E-state index is -1.36. The first-order valence-electron chi connectivity index (χ1n) is 4.92. The second-order valence-corrected chi connectivity index (χ2v) is 3.60. The number of rotatable bonds is 4. The van der Waals surface area contributed by atoms with Crippen molar-refractivity contribution in [3.8, 4) is 0 Å². The van der Waals surface area contributed by atoms with Gasteiger partial charge in [-0.25, -0.2) is 4.39 Å². The number of nitrogens with one attached hydrogen (secondary N) is 1. The molecule has 0 aliphatic carbocycles. The van der Waals surface area contributed by atoms with E-state index in [4.69, 9.17) is 5.11 Å². The second kappa shape index (κ2) is 5.50. The Hall–Kier alpha value is -2.09. The van der Waals surface area contributed by atoms with Gasteiger partial charge in [-0.2, -0.15) is 4.39 Å². The molecule has 6 nitrogen and oxygen atoms in total. The first-order valence-corrected chi connectivity index (χ1v) is 4.92. The molecule has 1 aromatic carbocycles. The number of aliphatic hydroxyl groups excluding tert-OH is 1. The maximum atomic E-state index is 13.3. The van der Waals surface area contributed by atoms with Crippen LogP contribution in [0.25, 0.3) is 0 Å². The molecule has 1 aromatic rings. The molecule has 0 aliphatic heterocycles. The summed E-state index contributed by atoms with van der Waals surface area (Å²) in [7, 11) is 0. The SMILES string of the molecule is CC(CO)NC(=O)c1cc([N+](=O)[O-])c(F)cc1F. The van der Waals surface area contributed by atoms with Crippen molar-refractivity contribution in [3.05, 3.63) is 39.4 Å². The largest absolute Gasteiger partial charge is 0.394 e. The van der Waals surface area contributed by atoms with Crippen LogP contribution in [-0.4, -0.2) is 28.6 Å². The van der Waals surface area contributed by atoms with Gasteiger partial charge in [0, 0.05) is 18.2 Å². The highest BCUT2D eigenvalue weighted by atomic mass is 19.1. The molecule has 0 aromatic heterocycles. The Kier molecular flexibility index (Phi) is 4.27. The molecule has 98 valence electrons. The van der Waals surface area contributed by atoms with Crippen LogP contribution >= 0.6 is 0 Å². The Morgan fingerprint density at radius 2 is 2.11 bits per heavy atom. The van der Waals surface area contributed by atoms with Crippen LogP contribution in [0.2, 0.25) is 0 Å².